The van der Waals surface area contributed by atoms with E-state index >= 15 is 0 Å². The number of ether oxygens (including phenoxy) is 1. The molecule has 0 saturated carbocycles. The first-order valence-corrected chi connectivity index (χ1v) is 12.0. The summed E-state index contributed by atoms with van der Waals surface area (Å²) in [6, 6.07) is 9.76. The fraction of sp³-hybridized carbons (Fsp3) is 0.320. The predicted octanol–water partition coefficient (Wildman–Crippen LogP) is 6.22. The number of carbonyl (C=O) groups is 1. The second-order valence-electron chi connectivity index (χ2n) is 8.03. The molecule has 1 aromatic heterocycles. The van der Waals surface area contributed by atoms with E-state index in [-0.39, 0.29) is 17.8 Å². The summed E-state index contributed by atoms with van der Waals surface area (Å²) >= 11 is 7.60. The number of carbonyl (C=O) groups excluding carboxylic acids is 1. The highest BCUT2D eigenvalue weighted by Crippen LogP contribution is 2.30. The van der Waals surface area contributed by atoms with Crippen molar-refractivity contribution in [1.82, 2.24) is 14.8 Å². The Bertz CT molecular complexity index is 1150. The van der Waals surface area contributed by atoms with E-state index < -0.39 is 0 Å². The van der Waals surface area contributed by atoms with Gasteiger partial charge in [-0.1, -0.05) is 47.1 Å². The molecular weight excluding hydrogens is 456 g/mol. The van der Waals surface area contributed by atoms with Gasteiger partial charge < -0.3 is 10.1 Å². The van der Waals surface area contributed by atoms with Gasteiger partial charge in [-0.25, -0.2) is 0 Å². The summed E-state index contributed by atoms with van der Waals surface area (Å²) < 4.78 is 8.06. The number of allylic oxidation sites excluding steroid dienone is 1. The van der Waals surface area contributed by atoms with E-state index in [0.29, 0.717) is 17.5 Å². The van der Waals surface area contributed by atoms with Gasteiger partial charge in [-0.2, -0.15) is 0 Å². The molecule has 0 fully saturated rings. The molecule has 0 spiro atoms. The van der Waals surface area contributed by atoms with Gasteiger partial charge in [-0.15, -0.1) is 16.8 Å². The molecule has 1 N–H and O–H groups in total. The molecule has 174 valence electrons. The molecule has 3 aromatic rings. The molecule has 3 rings (SSSR count). The lowest BCUT2D eigenvalue weighted by Gasteiger charge is -2.17. The van der Waals surface area contributed by atoms with Gasteiger partial charge in [0.05, 0.1) is 5.75 Å². The average Bonchev–Trinajstić information content (AvgIpc) is 3.15. The quantitative estimate of drug-likeness (QED) is 0.288. The molecule has 0 saturated heterocycles. The van der Waals surface area contributed by atoms with Crippen molar-refractivity contribution in [3.8, 4) is 5.75 Å². The van der Waals surface area contributed by atoms with E-state index in [0.717, 1.165) is 38.7 Å². The largest absolute Gasteiger partial charge is 0.483 e. The number of thioether (sulfide) groups is 1. The molecule has 1 amide bonds. The average molecular weight is 485 g/mol. The molecule has 1 heterocycles. The van der Waals surface area contributed by atoms with Crippen LogP contribution in [-0.2, 0) is 11.3 Å². The van der Waals surface area contributed by atoms with E-state index in [1.807, 2.05) is 69.5 Å². The van der Waals surface area contributed by atoms with Crippen molar-refractivity contribution in [3.63, 3.8) is 0 Å². The van der Waals surface area contributed by atoms with Gasteiger partial charge in [-0.3, -0.25) is 9.36 Å². The monoisotopic (exact) mass is 484 g/mol. The summed E-state index contributed by atoms with van der Waals surface area (Å²) in [7, 11) is 0. The van der Waals surface area contributed by atoms with Crippen LogP contribution in [0.2, 0.25) is 5.02 Å². The fourth-order valence-corrected chi connectivity index (χ4v) is 4.37. The van der Waals surface area contributed by atoms with Crippen LogP contribution in [0.5, 0.6) is 5.75 Å². The second-order valence-corrected chi connectivity index (χ2v) is 9.35. The smallest absolute Gasteiger partial charge is 0.234 e. The van der Waals surface area contributed by atoms with Crippen LogP contribution in [0, 0.1) is 27.7 Å². The van der Waals surface area contributed by atoms with Gasteiger partial charge in [0.25, 0.3) is 0 Å². The molecule has 1 atom stereocenters. The van der Waals surface area contributed by atoms with Crippen LogP contribution in [0.25, 0.3) is 0 Å². The Morgan fingerprint density at radius 2 is 1.88 bits per heavy atom. The zero-order valence-electron chi connectivity index (χ0n) is 19.6. The second kappa shape index (κ2) is 10.9. The molecule has 2 aromatic carbocycles. The lowest BCUT2D eigenvalue weighted by molar-refractivity contribution is -0.113. The first-order valence-electron chi connectivity index (χ1n) is 10.7. The molecule has 33 heavy (non-hydrogen) atoms. The molecule has 6 nitrogen and oxygen atoms in total. The first-order chi connectivity index (χ1) is 15.7. The SMILES string of the molecule is C=CCn1c(SCC(=O)Nc2ccc(C)cc2C)nnc1C(C)Oc1cc(C)c(Cl)c(C)c1. The lowest BCUT2D eigenvalue weighted by Crippen LogP contribution is -2.16. The Morgan fingerprint density at radius 1 is 1.18 bits per heavy atom. The standard InChI is InChI=1S/C25H29ClN4O2S/c1-7-10-30-24(19(6)32-20-12-17(4)23(26)18(5)13-20)28-29-25(30)33-14-22(31)27-21-9-8-15(2)11-16(21)3/h7-9,11-13,19H,1,10,14H2,2-6H3,(H,27,31). The number of nitrogens with zero attached hydrogens (tertiary/aromatic N) is 3. The van der Waals surface area contributed by atoms with Crippen molar-refractivity contribution in [3.05, 3.63) is 76.1 Å². The van der Waals surface area contributed by atoms with Crippen molar-refractivity contribution < 1.29 is 9.53 Å². The highest BCUT2D eigenvalue weighted by Gasteiger charge is 2.20. The minimum atomic E-state index is -0.351. The van der Waals surface area contributed by atoms with E-state index in [1.165, 1.54) is 11.8 Å². The maximum Gasteiger partial charge on any atom is 0.234 e. The Kier molecular flexibility index (Phi) is 8.21. The van der Waals surface area contributed by atoms with Gasteiger partial charge in [0, 0.05) is 17.3 Å². The van der Waals surface area contributed by atoms with Crippen LogP contribution < -0.4 is 10.1 Å². The number of amides is 1. The minimum Gasteiger partial charge on any atom is -0.483 e. The van der Waals surface area contributed by atoms with Crippen molar-refractivity contribution in [2.45, 2.75) is 52.4 Å². The topological polar surface area (TPSA) is 69.0 Å². The number of halogens is 1. The van der Waals surface area contributed by atoms with Gasteiger partial charge in [0.15, 0.2) is 17.1 Å². The molecule has 0 radical (unpaired) electrons. The Morgan fingerprint density at radius 3 is 2.52 bits per heavy atom. The fourth-order valence-electron chi connectivity index (χ4n) is 3.51. The van der Waals surface area contributed by atoms with Crippen LogP contribution in [0.15, 0.2) is 48.1 Å². The molecule has 0 aliphatic rings. The summed E-state index contributed by atoms with van der Waals surface area (Å²) in [5, 5.41) is 13.0. The Labute approximate surface area is 204 Å². The summed E-state index contributed by atoms with van der Waals surface area (Å²) in [4.78, 5) is 12.5. The number of benzene rings is 2. The highest BCUT2D eigenvalue weighted by atomic mass is 35.5. The van der Waals surface area contributed by atoms with E-state index in [9.17, 15) is 4.79 Å². The first kappa shape index (κ1) is 24.9. The third-order valence-corrected chi connectivity index (χ3v) is 6.69. The van der Waals surface area contributed by atoms with Crippen LogP contribution >= 0.6 is 23.4 Å². The van der Waals surface area contributed by atoms with Crippen molar-refractivity contribution in [1.29, 1.82) is 0 Å². The maximum atomic E-state index is 12.5. The number of aryl methyl sites for hydroxylation is 4. The van der Waals surface area contributed by atoms with Crippen LogP contribution in [0.4, 0.5) is 5.69 Å². The predicted molar refractivity (Wildman–Crippen MR) is 135 cm³/mol. The molecule has 1 unspecified atom stereocenters. The molecule has 8 heteroatoms. The van der Waals surface area contributed by atoms with E-state index in [2.05, 4.69) is 22.1 Å². The number of anilines is 1. The molecule has 0 aliphatic carbocycles. The number of nitrogens with one attached hydrogen (secondary N) is 1. The van der Waals surface area contributed by atoms with Crippen molar-refractivity contribution in [2.75, 3.05) is 11.1 Å². The van der Waals surface area contributed by atoms with Gasteiger partial charge in [0.2, 0.25) is 5.91 Å². The Balaban J connectivity index is 1.70. The number of hydrogen-bond acceptors (Lipinski definition) is 5. The molecule has 0 aliphatic heterocycles. The highest BCUT2D eigenvalue weighted by molar-refractivity contribution is 7.99. The third-order valence-electron chi connectivity index (χ3n) is 5.13. The van der Waals surface area contributed by atoms with E-state index in [4.69, 9.17) is 16.3 Å². The number of hydrogen-bond donors (Lipinski definition) is 1. The molecule has 0 bridgehead atoms. The van der Waals surface area contributed by atoms with Gasteiger partial charge in [-0.05, 0) is 69.5 Å². The van der Waals surface area contributed by atoms with E-state index in [1.54, 1.807) is 6.08 Å². The summed E-state index contributed by atoms with van der Waals surface area (Å²) in [6.45, 7) is 14.2. The van der Waals surface area contributed by atoms with Crippen LogP contribution in [0.1, 0.15) is 41.1 Å². The maximum absolute atomic E-state index is 12.5. The van der Waals surface area contributed by atoms with Gasteiger partial charge in [0.1, 0.15) is 5.75 Å². The third kappa shape index (κ3) is 6.18. The van der Waals surface area contributed by atoms with Crippen LogP contribution in [0.3, 0.4) is 0 Å². The van der Waals surface area contributed by atoms with Gasteiger partial charge >= 0.3 is 0 Å². The number of rotatable bonds is 9. The number of aromatic nitrogens is 3. The zero-order chi connectivity index (χ0) is 24.1. The van der Waals surface area contributed by atoms with Crippen molar-refractivity contribution >= 4 is 35.0 Å². The molecular formula is C25H29ClN4O2S. The Hall–Kier alpha value is -2.77. The summed E-state index contributed by atoms with van der Waals surface area (Å²) in [6.07, 6.45) is 1.42. The normalized spacial score (nSPS) is 11.8. The zero-order valence-corrected chi connectivity index (χ0v) is 21.2. The summed E-state index contributed by atoms with van der Waals surface area (Å²) in [5.41, 5.74) is 4.92. The lowest BCUT2D eigenvalue weighted by atomic mass is 10.1. The van der Waals surface area contributed by atoms with Crippen LogP contribution in [-0.4, -0.2) is 26.4 Å². The van der Waals surface area contributed by atoms with Crippen molar-refractivity contribution in [2.24, 2.45) is 0 Å². The minimum absolute atomic E-state index is 0.0990. The summed E-state index contributed by atoms with van der Waals surface area (Å²) in [5.74, 6) is 1.50.